The number of hydrogen-bond acceptors (Lipinski definition) is 4. The lowest BCUT2D eigenvalue weighted by molar-refractivity contribution is 0.436. The minimum absolute atomic E-state index is 0.215. The highest BCUT2D eigenvalue weighted by Gasteiger charge is 2.28. The number of imidazole rings is 1. The first-order valence-corrected chi connectivity index (χ1v) is 10.5. The molecule has 0 aliphatic carbocycles. The number of fused-ring (bicyclic) bond motifs is 3. The van der Waals surface area contributed by atoms with Gasteiger partial charge in [-0.15, -0.1) is 0 Å². The summed E-state index contributed by atoms with van der Waals surface area (Å²) in [6.07, 6.45) is 2.65. The van der Waals surface area contributed by atoms with Crippen molar-refractivity contribution in [3.05, 3.63) is 56.7 Å². The van der Waals surface area contributed by atoms with Crippen molar-refractivity contribution >= 4 is 17.1 Å². The summed E-state index contributed by atoms with van der Waals surface area (Å²) in [5.41, 5.74) is 1.82. The van der Waals surface area contributed by atoms with Crippen LogP contribution >= 0.6 is 0 Å². The van der Waals surface area contributed by atoms with Crippen LogP contribution in [0.15, 0.2) is 39.9 Å². The summed E-state index contributed by atoms with van der Waals surface area (Å²) in [4.78, 5) is 33.0. The van der Waals surface area contributed by atoms with Crippen molar-refractivity contribution in [3.8, 4) is 0 Å². The van der Waals surface area contributed by atoms with E-state index in [1.165, 1.54) is 14.7 Å². The summed E-state index contributed by atoms with van der Waals surface area (Å²) in [6, 6.07) is 10.4. The van der Waals surface area contributed by atoms with Crippen molar-refractivity contribution in [1.82, 2.24) is 18.7 Å². The average Bonchev–Trinajstić information content (AvgIpc) is 3.11. The van der Waals surface area contributed by atoms with Gasteiger partial charge >= 0.3 is 5.69 Å². The minimum Gasteiger partial charge on any atom is -0.342 e. The van der Waals surface area contributed by atoms with Crippen molar-refractivity contribution in [2.75, 3.05) is 18.0 Å². The van der Waals surface area contributed by atoms with Crippen molar-refractivity contribution in [1.29, 1.82) is 0 Å². The van der Waals surface area contributed by atoms with E-state index in [1.807, 2.05) is 10.6 Å². The highest BCUT2D eigenvalue weighted by molar-refractivity contribution is 5.75. The highest BCUT2D eigenvalue weighted by Crippen LogP contribution is 2.27. The molecule has 154 valence electrons. The van der Waals surface area contributed by atoms with Crippen LogP contribution in [-0.2, 0) is 26.6 Å². The monoisotopic (exact) mass is 395 g/mol. The van der Waals surface area contributed by atoms with Crippen LogP contribution in [0.2, 0.25) is 0 Å². The second-order valence-electron chi connectivity index (χ2n) is 8.13. The summed E-state index contributed by atoms with van der Waals surface area (Å²) in [5, 5.41) is 0. The second-order valence-corrected chi connectivity index (χ2v) is 8.13. The van der Waals surface area contributed by atoms with E-state index in [0.717, 1.165) is 44.8 Å². The molecule has 2 aromatic heterocycles. The molecule has 0 saturated carbocycles. The zero-order valence-electron chi connectivity index (χ0n) is 17.5. The molecule has 1 aliphatic rings. The van der Waals surface area contributed by atoms with Gasteiger partial charge in [0.1, 0.15) is 0 Å². The van der Waals surface area contributed by atoms with Gasteiger partial charge in [-0.1, -0.05) is 50.6 Å². The number of hydrogen-bond donors (Lipinski definition) is 0. The third-order valence-corrected chi connectivity index (χ3v) is 5.77. The van der Waals surface area contributed by atoms with E-state index in [9.17, 15) is 9.59 Å². The molecule has 29 heavy (non-hydrogen) atoms. The van der Waals surface area contributed by atoms with Crippen LogP contribution in [0.5, 0.6) is 0 Å². The standard InChI is InChI=1S/C22H29N5O2/c1-4-5-12-26-20(28)18-19(24(3)22(26)29)23-21-25(14-16(2)15-27(18)21)13-11-17-9-7-6-8-10-17/h6-10,16H,4-5,11-15H2,1-3H3/t16-/m0/s1. The maximum Gasteiger partial charge on any atom is 0.332 e. The molecule has 0 saturated heterocycles. The van der Waals surface area contributed by atoms with Crippen molar-refractivity contribution in [2.24, 2.45) is 13.0 Å². The summed E-state index contributed by atoms with van der Waals surface area (Å²) < 4.78 is 4.92. The molecular formula is C22H29N5O2. The maximum atomic E-state index is 13.2. The first-order valence-electron chi connectivity index (χ1n) is 10.5. The van der Waals surface area contributed by atoms with Gasteiger partial charge in [-0.05, 0) is 24.3 Å². The molecule has 0 radical (unpaired) electrons. The van der Waals surface area contributed by atoms with E-state index >= 15 is 0 Å². The maximum absolute atomic E-state index is 13.2. The molecular weight excluding hydrogens is 366 g/mol. The van der Waals surface area contributed by atoms with Gasteiger partial charge in [-0.2, -0.15) is 4.98 Å². The van der Waals surface area contributed by atoms with Gasteiger partial charge in [0.25, 0.3) is 5.56 Å². The fraction of sp³-hybridized carbons (Fsp3) is 0.500. The summed E-state index contributed by atoms with van der Waals surface area (Å²) >= 11 is 0. The smallest absolute Gasteiger partial charge is 0.332 e. The lowest BCUT2D eigenvalue weighted by atomic mass is 10.1. The highest BCUT2D eigenvalue weighted by atomic mass is 16.2. The molecule has 3 heterocycles. The van der Waals surface area contributed by atoms with Crippen LogP contribution < -0.4 is 16.1 Å². The van der Waals surface area contributed by atoms with E-state index in [0.29, 0.717) is 23.6 Å². The Morgan fingerprint density at radius 3 is 2.59 bits per heavy atom. The Morgan fingerprint density at radius 1 is 1.10 bits per heavy atom. The fourth-order valence-corrected chi connectivity index (χ4v) is 4.22. The summed E-state index contributed by atoms with van der Waals surface area (Å²) in [5.74, 6) is 1.20. The van der Waals surface area contributed by atoms with Crippen LogP contribution in [0.4, 0.5) is 5.95 Å². The van der Waals surface area contributed by atoms with Crippen LogP contribution in [0, 0.1) is 5.92 Å². The Labute approximate surface area is 170 Å². The van der Waals surface area contributed by atoms with E-state index in [4.69, 9.17) is 4.98 Å². The van der Waals surface area contributed by atoms with Gasteiger partial charge in [0.05, 0.1) is 0 Å². The van der Waals surface area contributed by atoms with Crippen LogP contribution in [0.3, 0.4) is 0 Å². The molecule has 3 aromatic rings. The van der Waals surface area contributed by atoms with E-state index in [-0.39, 0.29) is 11.2 Å². The average molecular weight is 396 g/mol. The number of unbranched alkanes of at least 4 members (excludes halogenated alkanes) is 1. The number of anilines is 1. The Balaban J connectivity index is 1.78. The molecule has 0 fully saturated rings. The fourth-order valence-electron chi connectivity index (χ4n) is 4.22. The molecule has 0 bridgehead atoms. The third-order valence-electron chi connectivity index (χ3n) is 5.77. The number of nitrogens with zero attached hydrogens (tertiary/aromatic N) is 5. The predicted molar refractivity (Wildman–Crippen MR) is 116 cm³/mol. The molecule has 1 aliphatic heterocycles. The Bertz CT molecular complexity index is 1130. The van der Waals surface area contributed by atoms with Crippen LogP contribution in [0.1, 0.15) is 32.3 Å². The van der Waals surface area contributed by atoms with Gasteiger partial charge in [0, 0.05) is 33.2 Å². The number of benzene rings is 1. The first kappa shape index (κ1) is 19.5. The van der Waals surface area contributed by atoms with Gasteiger partial charge in [-0.25, -0.2) is 4.79 Å². The van der Waals surface area contributed by atoms with Gasteiger partial charge < -0.3 is 9.47 Å². The molecule has 0 N–H and O–H groups in total. The van der Waals surface area contributed by atoms with E-state index < -0.39 is 0 Å². The second kappa shape index (κ2) is 7.89. The van der Waals surface area contributed by atoms with E-state index in [2.05, 4.69) is 43.0 Å². The zero-order chi connectivity index (χ0) is 20.5. The SMILES string of the molecule is CCCCn1c(=O)c2c(nc3n2C[C@@H](C)CN3CCc2ccccc2)n(C)c1=O. The van der Waals surface area contributed by atoms with E-state index in [1.54, 1.807) is 7.05 Å². The largest absolute Gasteiger partial charge is 0.342 e. The quantitative estimate of drug-likeness (QED) is 0.643. The molecule has 4 rings (SSSR count). The van der Waals surface area contributed by atoms with Gasteiger partial charge in [-0.3, -0.25) is 13.9 Å². The van der Waals surface area contributed by atoms with Crippen molar-refractivity contribution < 1.29 is 0 Å². The van der Waals surface area contributed by atoms with Gasteiger partial charge in [0.2, 0.25) is 5.95 Å². The molecule has 7 nitrogen and oxygen atoms in total. The first-order chi connectivity index (χ1) is 14.0. The number of aromatic nitrogens is 4. The lowest BCUT2D eigenvalue weighted by Gasteiger charge is -2.33. The zero-order valence-corrected chi connectivity index (χ0v) is 17.5. The lowest BCUT2D eigenvalue weighted by Crippen LogP contribution is -2.41. The molecule has 0 unspecified atom stereocenters. The topological polar surface area (TPSA) is 65.1 Å². The Hall–Kier alpha value is -2.83. The number of rotatable bonds is 6. The van der Waals surface area contributed by atoms with Crippen LogP contribution in [0.25, 0.3) is 11.2 Å². The van der Waals surface area contributed by atoms with Crippen molar-refractivity contribution in [3.63, 3.8) is 0 Å². The Kier molecular flexibility index (Phi) is 5.30. The number of aryl methyl sites for hydroxylation is 1. The normalized spacial score (nSPS) is 16.4. The van der Waals surface area contributed by atoms with Crippen LogP contribution in [-0.4, -0.2) is 31.8 Å². The predicted octanol–water partition coefficient (Wildman–Crippen LogP) is 2.40. The molecule has 1 atom stereocenters. The molecule has 0 spiro atoms. The Morgan fingerprint density at radius 2 is 1.86 bits per heavy atom. The third kappa shape index (κ3) is 3.50. The summed E-state index contributed by atoms with van der Waals surface area (Å²) in [6.45, 7) is 7.17. The van der Waals surface area contributed by atoms with Gasteiger partial charge in [0.15, 0.2) is 11.2 Å². The molecule has 0 amide bonds. The minimum atomic E-state index is -0.282. The molecule has 7 heteroatoms. The summed E-state index contributed by atoms with van der Waals surface area (Å²) in [7, 11) is 1.71. The van der Waals surface area contributed by atoms with Crippen molar-refractivity contribution in [2.45, 2.75) is 46.2 Å². The molecule has 1 aromatic carbocycles.